The summed E-state index contributed by atoms with van der Waals surface area (Å²) in [5.74, 6) is -0.361. The van der Waals surface area contributed by atoms with Gasteiger partial charge in [0.2, 0.25) is 0 Å². The number of rotatable bonds is 30. The summed E-state index contributed by atoms with van der Waals surface area (Å²) in [5.41, 5.74) is 0.176. The molecule has 0 aromatic rings. The molecule has 0 bridgehead atoms. The molecule has 0 radical (unpaired) electrons. The molecule has 234 valence electrons. The molecule has 1 unspecified atom stereocenters. The Morgan fingerprint density at radius 2 is 0.718 bits per heavy atom. The molecule has 0 fully saturated rings. The van der Waals surface area contributed by atoms with Crippen LogP contribution in [-0.2, 0) is 4.79 Å². The van der Waals surface area contributed by atoms with E-state index < -0.39 is 5.97 Å². The zero-order valence-corrected chi connectivity index (χ0v) is 27.1. The Hall–Kier alpha value is -0.830. The molecular formula is C36H72O3. The van der Waals surface area contributed by atoms with Gasteiger partial charge in [-0.15, -0.1) is 0 Å². The predicted molar refractivity (Wildman–Crippen MR) is 174 cm³/mol. The maximum Gasteiger partial charge on any atom is 0.330 e. The van der Waals surface area contributed by atoms with E-state index in [1.807, 2.05) is 0 Å². The highest BCUT2D eigenvalue weighted by Gasteiger charge is 2.07. The lowest BCUT2D eigenvalue weighted by molar-refractivity contribution is -0.132. The minimum absolute atomic E-state index is 0.176. The monoisotopic (exact) mass is 553 g/mol. The molecule has 1 atom stereocenters. The first-order chi connectivity index (χ1) is 19.0. The van der Waals surface area contributed by atoms with Crippen molar-refractivity contribution in [2.24, 2.45) is 5.92 Å². The van der Waals surface area contributed by atoms with Gasteiger partial charge in [-0.25, -0.2) is 4.79 Å². The lowest BCUT2D eigenvalue weighted by Gasteiger charge is -2.13. The van der Waals surface area contributed by atoms with Crippen LogP contribution in [0.2, 0.25) is 0 Å². The van der Waals surface area contributed by atoms with Gasteiger partial charge in [0.15, 0.2) is 0 Å². The highest BCUT2D eigenvalue weighted by molar-refractivity contribution is 5.84. The Kier molecular flexibility index (Phi) is 36.4. The minimum Gasteiger partial charge on any atom is -0.478 e. The first-order valence-electron chi connectivity index (χ1n) is 17.5. The number of hydrogen-bond acceptors (Lipinski definition) is 2. The molecule has 0 saturated carbocycles. The second-order valence-corrected chi connectivity index (χ2v) is 12.2. The number of aliphatic hydroxyl groups excluding tert-OH is 1. The second-order valence-electron chi connectivity index (χ2n) is 12.2. The van der Waals surface area contributed by atoms with Crippen molar-refractivity contribution in [2.75, 3.05) is 6.61 Å². The van der Waals surface area contributed by atoms with Crippen LogP contribution in [0.25, 0.3) is 0 Å². The molecule has 0 spiro atoms. The normalized spacial score (nSPS) is 11.7. The van der Waals surface area contributed by atoms with E-state index in [1.54, 1.807) is 0 Å². The van der Waals surface area contributed by atoms with Crippen molar-refractivity contribution in [2.45, 2.75) is 201 Å². The summed E-state index contributed by atoms with van der Waals surface area (Å²) in [5, 5.41) is 17.6. The molecule has 0 aliphatic heterocycles. The molecule has 0 aliphatic rings. The fourth-order valence-electron chi connectivity index (χ4n) is 5.23. The van der Waals surface area contributed by atoms with Crippen LogP contribution in [0.4, 0.5) is 0 Å². The third-order valence-electron chi connectivity index (χ3n) is 8.06. The number of carbonyl (C=O) groups is 1. The zero-order valence-electron chi connectivity index (χ0n) is 27.1. The van der Waals surface area contributed by atoms with E-state index in [0.29, 0.717) is 12.5 Å². The van der Waals surface area contributed by atoms with Gasteiger partial charge in [0.25, 0.3) is 0 Å². The largest absolute Gasteiger partial charge is 0.478 e. The Bertz CT molecular complexity index is 476. The Morgan fingerprint density at radius 3 is 0.897 bits per heavy atom. The molecule has 0 heterocycles. The number of aliphatic carboxylic acids is 1. The summed E-state index contributed by atoms with van der Waals surface area (Å²) in [7, 11) is 0. The van der Waals surface area contributed by atoms with Gasteiger partial charge in [-0.3, -0.25) is 0 Å². The number of unbranched alkanes of at least 4 members (excludes halogenated alkanes) is 24. The quantitative estimate of drug-likeness (QED) is 0.0688. The fourth-order valence-corrected chi connectivity index (χ4v) is 5.23. The fraction of sp³-hybridized carbons (Fsp3) is 0.917. The van der Waals surface area contributed by atoms with Gasteiger partial charge in [-0.05, 0) is 25.7 Å². The number of hydrogen-bond donors (Lipinski definition) is 2. The van der Waals surface area contributed by atoms with Crippen molar-refractivity contribution >= 4 is 5.97 Å². The van der Waals surface area contributed by atoms with Crippen LogP contribution in [0.5, 0.6) is 0 Å². The molecule has 3 nitrogen and oxygen atoms in total. The topological polar surface area (TPSA) is 57.5 Å². The van der Waals surface area contributed by atoms with Crippen LogP contribution in [0.15, 0.2) is 12.2 Å². The van der Waals surface area contributed by atoms with Crippen LogP contribution in [0.3, 0.4) is 0 Å². The Morgan fingerprint density at radius 1 is 0.513 bits per heavy atom. The van der Waals surface area contributed by atoms with Crippen molar-refractivity contribution < 1.29 is 15.0 Å². The van der Waals surface area contributed by atoms with Gasteiger partial charge < -0.3 is 10.2 Å². The van der Waals surface area contributed by atoms with Crippen molar-refractivity contribution in [1.29, 1.82) is 0 Å². The molecule has 0 aromatic heterocycles. The Labute approximate surface area is 246 Å². The summed E-state index contributed by atoms with van der Waals surface area (Å²) in [6, 6.07) is 0. The number of aliphatic hydroxyl groups is 1. The molecule has 0 saturated heterocycles. The summed E-state index contributed by atoms with van der Waals surface area (Å²) in [4.78, 5) is 9.60. The van der Waals surface area contributed by atoms with Gasteiger partial charge in [-0.2, -0.15) is 0 Å². The third-order valence-corrected chi connectivity index (χ3v) is 8.06. The molecule has 2 N–H and O–H groups in total. The predicted octanol–water partition coefficient (Wildman–Crippen LogP) is 12.2. The van der Waals surface area contributed by atoms with Crippen molar-refractivity contribution in [3.63, 3.8) is 0 Å². The summed E-state index contributed by atoms with van der Waals surface area (Å²) in [6.45, 7) is 9.61. The van der Waals surface area contributed by atoms with Crippen molar-refractivity contribution in [1.82, 2.24) is 0 Å². The van der Waals surface area contributed by atoms with Crippen molar-refractivity contribution in [3.8, 4) is 0 Å². The van der Waals surface area contributed by atoms with E-state index in [4.69, 9.17) is 5.11 Å². The smallest absolute Gasteiger partial charge is 0.330 e. The summed E-state index contributed by atoms with van der Waals surface area (Å²) in [6.07, 6.45) is 39.5. The van der Waals surface area contributed by atoms with Crippen LogP contribution in [0.1, 0.15) is 201 Å². The van der Waals surface area contributed by atoms with E-state index >= 15 is 0 Å². The minimum atomic E-state index is -0.935. The maximum atomic E-state index is 9.71. The van der Waals surface area contributed by atoms with Gasteiger partial charge in [0, 0.05) is 12.2 Å². The molecular weight excluding hydrogens is 480 g/mol. The van der Waals surface area contributed by atoms with E-state index in [0.717, 1.165) is 0 Å². The first-order valence-corrected chi connectivity index (χ1v) is 17.5. The standard InChI is InChI=1S/C32H66O.C4H6O2/c1-3-5-7-9-11-13-15-17-18-20-22-24-26-28-30-32(31-33)29-27-25-23-21-19-16-14-12-10-8-6-4-2;1-3(2)4(5)6/h32-33H,3-31H2,1-2H3;1H2,2H3,(H,5,6). The third kappa shape index (κ3) is 37.2. The van der Waals surface area contributed by atoms with Gasteiger partial charge >= 0.3 is 5.97 Å². The van der Waals surface area contributed by atoms with E-state index in [1.165, 1.54) is 187 Å². The highest BCUT2D eigenvalue weighted by Crippen LogP contribution is 2.20. The lowest BCUT2D eigenvalue weighted by atomic mass is 9.94. The lowest BCUT2D eigenvalue weighted by Crippen LogP contribution is -2.06. The molecule has 0 aromatic carbocycles. The van der Waals surface area contributed by atoms with E-state index in [2.05, 4.69) is 20.4 Å². The maximum absolute atomic E-state index is 9.71. The number of carboxylic acids is 1. The van der Waals surface area contributed by atoms with E-state index in [-0.39, 0.29) is 5.57 Å². The first kappa shape index (κ1) is 40.3. The molecule has 0 rings (SSSR count). The molecule has 3 heteroatoms. The van der Waals surface area contributed by atoms with Crippen LogP contribution in [0, 0.1) is 5.92 Å². The SMILES string of the molecule is C=C(C)C(=O)O.CCCCCCCCCCCCCCCCC(CO)CCCCCCCCCCCCCC. The Balaban J connectivity index is 0. The van der Waals surface area contributed by atoms with E-state index in [9.17, 15) is 9.90 Å². The molecule has 39 heavy (non-hydrogen) atoms. The van der Waals surface area contributed by atoms with Gasteiger partial charge in [0.1, 0.15) is 0 Å². The zero-order chi connectivity index (χ0) is 29.2. The summed E-state index contributed by atoms with van der Waals surface area (Å²) >= 11 is 0. The van der Waals surface area contributed by atoms with Crippen LogP contribution < -0.4 is 0 Å². The van der Waals surface area contributed by atoms with Crippen LogP contribution >= 0.6 is 0 Å². The number of carboxylic acid groups (broad SMARTS) is 1. The van der Waals surface area contributed by atoms with Gasteiger partial charge in [-0.1, -0.05) is 187 Å². The molecule has 0 amide bonds. The van der Waals surface area contributed by atoms with Crippen LogP contribution in [-0.4, -0.2) is 22.8 Å². The second kappa shape index (κ2) is 35.2. The highest BCUT2D eigenvalue weighted by atomic mass is 16.4. The average molecular weight is 553 g/mol. The van der Waals surface area contributed by atoms with Gasteiger partial charge in [0.05, 0.1) is 0 Å². The average Bonchev–Trinajstić information content (AvgIpc) is 2.92. The summed E-state index contributed by atoms with van der Waals surface area (Å²) < 4.78 is 0. The molecule has 0 aliphatic carbocycles. The van der Waals surface area contributed by atoms with Crippen molar-refractivity contribution in [3.05, 3.63) is 12.2 Å².